The summed E-state index contributed by atoms with van der Waals surface area (Å²) in [7, 11) is 1.82. The minimum absolute atomic E-state index is 0.0757. The van der Waals surface area contributed by atoms with Crippen molar-refractivity contribution in [3.63, 3.8) is 0 Å². The summed E-state index contributed by atoms with van der Waals surface area (Å²) in [5.74, 6) is 0.714. The zero-order valence-electron chi connectivity index (χ0n) is 15.3. The quantitative estimate of drug-likeness (QED) is 0.920. The lowest BCUT2D eigenvalue weighted by Crippen LogP contribution is -2.38. The highest BCUT2D eigenvalue weighted by atomic mass is 16.2. The number of hydrogen-bond donors (Lipinski definition) is 1. The highest BCUT2D eigenvalue weighted by Crippen LogP contribution is 2.13. The molecule has 1 saturated heterocycles. The lowest BCUT2D eigenvalue weighted by atomic mass is 10.1. The maximum Gasteiger partial charge on any atom is 0.323 e. The third-order valence-corrected chi connectivity index (χ3v) is 4.60. The average molecular weight is 352 g/mol. The first-order valence-electron chi connectivity index (χ1n) is 8.83. The van der Waals surface area contributed by atoms with Crippen LogP contribution in [0.4, 0.5) is 10.6 Å². The van der Waals surface area contributed by atoms with Gasteiger partial charge in [-0.25, -0.2) is 4.79 Å². The molecule has 1 aromatic carbocycles. The van der Waals surface area contributed by atoms with Gasteiger partial charge >= 0.3 is 6.03 Å². The molecule has 0 radical (unpaired) electrons. The lowest BCUT2D eigenvalue weighted by molar-refractivity contribution is 0.211. The van der Waals surface area contributed by atoms with Crippen molar-refractivity contribution in [3.05, 3.63) is 47.2 Å². The van der Waals surface area contributed by atoms with Crippen LogP contribution in [0.15, 0.2) is 30.3 Å². The number of urea groups is 1. The number of rotatable bonds is 3. The van der Waals surface area contributed by atoms with Crippen molar-refractivity contribution in [1.29, 1.82) is 5.26 Å². The van der Waals surface area contributed by atoms with E-state index < -0.39 is 0 Å². The number of anilines is 1. The highest BCUT2D eigenvalue weighted by Gasteiger charge is 2.20. The van der Waals surface area contributed by atoms with Crippen molar-refractivity contribution >= 4 is 11.8 Å². The Kier molecular flexibility index (Phi) is 5.54. The minimum atomic E-state index is -0.0757. The largest absolute Gasteiger partial charge is 0.323 e. The van der Waals surface area contributed by atoms with Crippen molar-refractivity contribution < 1.29 is 4.79 Å². The highest BCUT2D eigenvalue weighted by molar-refractivity contribution is 5.88. The first-order chi connectivity index (χ1) is 12.5. The van der Waals surface area contributed by atoms with Crippen LogP contribution in [0, 0.1) is 18.3 Å². The number of nitrogens with one attached hydrogen (secondary N) is 1. The van der Waals surface area contributed by atoms with Crippen molar-refractivity contribution in [1.82, 2.24) is 19.6 Å². The van der Waals surface area contributed by atoms with E-state index in [-0.39, 0.29) is 6.03 Å². The number of nitrogens with zero attached hydrogens (tertiary/aromatic N) is 5. The van der Waals surface area contributed by atoms with Gasteiger partial charge in [0.05, 0.1) is 17.3 Å². The van der Waals surface area contributed by atoms with Crippen molar-refractivity contribution in [3.8, 4) is 6.07 Å². The zero-order chi connectivity index (χ0) is 18.5. The molecule has 1 fully saturated rings. The summed E-state index contributed by atoms with van der Waals surface area (Å²) in [5.41, 5.74) is 2.75. The van der Waals surface area contributed by atoms with Gasteiger partial charge in [0.25, 0.3) is 0 Å². The van der Waals surface area contributed by atoms with Gasteiger partial charge in [-0.15, -0.1) is 0 Å². The molecular weight excluding hydrogens is 328 g/mol. The molecule has 7 nitrogen and oxygen atoms in total. The average Bonchev–Trinajstić information content (AvgIpc) is 2.82. The Bertz CT molecular complexity index is 804. The van der Waals surface area contributed by atoms with Crippen LogP contribution in [0.2, 0.25) is 0 Å². The molecule has 1 aromatic heterocycles. The smallest absolute Gasteiger partial charge is 0.323 e. The number of amides is 2. The van der Waals surface area contributed by atoms with Gasteiger partial charge < -0.3 is 4.90 Å². The summed E-state index contributed by atoms with van der Waals surface area (Å²) in [5, 5.41) is 16.1. The molecule has 1 aliphatic rings. The van der Waals surface area contributed by atoms with Gasteiger partial charge in [-0.1, -0.05) is 12.1 Å². The topological polar surface area (TPSA) is 77.2 Å². The molecule has 0 aliphatic carbocycles. The van der Waals surface area contributed by atoms with E-state index in [0.29, 0.717) is 17.9 Å². The lowest BCUT2D eigenvalue weighted by Gasteiger charge is -2.22. The van der Waals surface area contributed by atoms with E-state index in [0.717, 1.165) is 38.3 Å². The van der Waals surface area contributed by atoms with Gasteiger partial charge in [0, 0.05) is 45.8 Å². The molecule has 0 atom stereocenters. The normalized spacial score (nSPS) is 15.3. The number of carbonyl (C=O) groups excluding carboxylic acids is 1. The summed E-state index contributed by atoms with van der Waals surface area (Å²) in [6.45, 7) is 5.96. The Labute approximate surface area is 153 Å². The van der Waals surface area contributed by atoms with Gasteiger partial charge in [-0.2, -0.15) is 10.4 Å². The van der Waals surface area contributed by atoms with E-state index in [9.17, 15) is 4.79 Å². The van der Waals surface area contributed by atoms with Gasteiger partial charge in [0.2, 0.25) is 0 Å². The Balaban J connectivity index is 1.54. The van der Waals surface area contributed by atoms with Crippen LogP contribution in [0.3, 0.4) is 0 Å². The summed E-state index contributed by atoms with van der Waals surface area (Å²) < 4.78 is 1.68. The van der Waals surface area contributed by atoms with Crippen LogP contribution < -0.4 is 5.32 Å². The predicted molar refractivity (Wildman–Crippen MR) is 99.6 cm³/mol. The number of aromatic nitrogens is 2. The maximum absolute atomic E-state index is 12.5. The molecule has 2 heterocycles. The second-order valence-corrected chi connectivity index (χ2v) is 6.65. The molecule has 26 heavy (non-hydrogen) atoms. The van der Waals surface area contributed by atoms with E-state index in [1.165, 1.54) is 5.56 Å². The first kappa shape index (κ1) is 18.0. The minimum Gasteiger partial charge on any atom is -0.323 e. The molecule has 0 spiro atoms. The molecule has 1 aliphatic heterocycles. The molecular formula is C19H24N6O. The second-order valence-electron chi connectivity index (χ2n) is 6.65. The molecule has 0 unspecified atom stereocenters. The third kappa shape index (κ3) is 4.41. The molecule has 2 aromatic rings. The maximum atomic E-state index is 12.5. The van der Waals surface area contributed by atoms with Crippen molar-refractivity contribution in [2.45, 2.75) is 19.9 Å². The monoisotopic (exact) mass is 352 g/mol. The van der Waals surface area contributed by atoms with Gasteiger partial charge in [-0.05, 0) is 31.0 Å². The number of benzene rings is 1. The van der Waals surface area contributed by atoms with Crippen LogP contribution in [-0.2, 0) is 13.6 Å². The van der Waals surface area contributed by atoms with Gasteiger partial charge in [0.1, 0.15) is 5.82 Å². The molecule has 0 bridgehead atoms. The van der Waals surface area contributed by atoms with E-state index in [1.54, 1.807) is 4.68 Å². The van der Waals surface area contributed by atoms with Crippen molar-refractivity contribution in [2.24, 2.45) is 7.05 Å². The number of carbonyl (C=O) groups is 1. The summed E-state index contributed by atoms with van der Waals surface area (Å²) in [6, 6.07) is 11.6. The number of nitriles is 1. The van der Waals surface area contributed by atoms with E-state index in [2.05, 4.69) is 21.4 Å². The van der Waals surface area contributed by atoms with E-state index in [1.807, 2.05) is 49.2 Å². The molecule has 0 saturated carbocycles. The second kappa shape index (κ2) is 8.02. The van der Waals surface area contributed by atoms with Crippen molar-refractivity contribution in [2.75, 3.05) is 31.5 Å². The summed E-state index contributed by atoms with van der Waals surface area (Å²) >= 11 is 0. The van der Waals surface area contributed by atoms with E-state index in [4.69, 9.17) is 5.26 Å². The van der Waals surface area contributed by atoms with Gasteiger partial charge in [-0.3, -0.25) is 14.9 Å². The number of hydrogen-bond acceptors (Lipinski definition) is 4. The first-order valence-corrected chi connectivity index (χ1v) is 8.83. The van der Waals surface area contributed by atoms with Crippen LogP contribution in [0.5, 0.6) is 0 Å². The standard InChI is InChI=1S/C19H24N6O/c1-15-12-18(23(2)22-15)21-19(26)25-9-3-8-24(10-11-25)14-17-6-4-16(13-20)5-7-17/h4-7,12H,3,8-11,14H2,1-2H3,(H,21,26). The fourth-order valence-corrected chi connectivity index (χ4v) is 3.19. The summed E-state index contributed by atoms with van der Waals surface area (Å²) in [6.07, 6.45) is 0.939. The number of aryl methyl sites for hydroxylation is 2. The molecule has 3 rings (SSSR count). The van der Waals surface area contributed by atoms with Gasteiger partial charge in [0.15, 0.2) is 0 Å². The molecule has 7 heteroatoms. The fourth-order valence-electron chi connectivity index (χ4n) is 3.19. The fraction of sp³-hybridized carbons (Fsp3) is 0.421. The third-order valence-electron chi connectivity index (χ3n) is 4.60. The molecule has 1 N–H and O–H groups in total. The zero-order valence-corrected chi connectivity index (χ0v) is 15.3. The molecule has 136 valence electrons. The Morgan fingerprint density at radius 1 is 1.23 bits per heavy atom. The van der Waals surface area contributed by atoms with E-state index >= 15 is 0 Å². The SMILES string of the molecule is Cc1cc(NC(=O)N2CCCN(Cc3ccc(C#N)cc3)CC2)n(C)n1. The Hall–Kier alpha value is -2.85. The van der Waals surface area contributed by atoms with Crippen LogP contribution >= 0.6 is 0 Å². The van der Waals surface area contributed by atoms with Crippen LogP contribution in [-0.4, -0.2) is 51.8 Å². The Morgan fingerprint density at radius 3 is 2.65 bits per heavy atom. The Morgan fingerprint density at radius 2 is 2.00 bits per heavy atom. The molecule has 2 amide bonds. The van der Waals surface area contributed by atoms with Crippen LogP contribution in [0.1, 0.15) is 23.2 Å². The predicted octanol–water partition coefficient (Wildman–Crippen LogP) is 2.34. The summed E-state index contributed by atoms with van der Waals surface area (Å²) in [4.78, 5) is 16.8. The van der Waals surface area contributed by atoms with Crippen LogP contribution in [0.25, 0.3) is 0 Å².